The minimum atomic E-state index is -0.364. The Morgan fingerprint density at radius 2 is 2.05 bits per heavy atom. The Balaban J connectivity index is 2.14. The van der Waals surface area contributed by atoms with Crippen LogP contribution in [-0.2, 0) is 4.79 Å². The number of thiocarbonyl (C=S) groups is 1. The average molecular weight is 398 g/mol. The fourth-order valence-electron chi connectivity index (χ4n) is 1.85. The summed E-state index contributed by atoms with van der Waals surface area (Å²) in [5, 5.41) is 5.81. The van der Waals surface area contributed by atoms with Gasteiger partial charge in [-0.15, -0.1) is 0 Å². The van der Waals surface area contributed by atoms with Gasteiger partial charge in [0.2, 0.25) is 0 Å². The number of nitrogens with one attached hydrogen (secondary N) is 2. The third-order valence-electron chi connectivity index (χ3n) is 2.78. The highest BCUT2D eigenvalue weighted by Gasteiger charge is 2.20. The zero-order chi connectivity index (χ0) is 14.3. The first-order valence-electron chi connectivity index (χ1n) is 5.60. The summed E-state index contributed by atoms with van der Waals surface area (Å²) in [5.41, 5.74) is 0.846. The summed E-state index contributed by atoms with van der Waals surface area (Å²) in [6, 6.07) is 5.31. The first-order chi connectivity index (χ1) is 9.54. The lowest BCUT2D eigenvalue weighted by Crippen LogP contribution is -2.21. The number of amides is 1. The summed E-state index contributed by atoms with van der Waals surface area (Å²) in [5.74, 6) is -0.364. The summed E-state index contributed by atoms with van der Waals surface area (Å²) >= 11 is 6.97. The molecule has 0 spiro atoms. The van der Waals surface area contributed by atoms with E-state index in [4.69, 9.17) is 16.6 Å². The molecule has 0 saturated carbocycles. The normalized spacial score (nSPS) is 16.6. The maximum absolute atomic E-state index is 12.3. The van der Waals surface area contributed by atoms with E-state index in [0.29, 0.717) is 16.5 Å². The van der Waals surface area contributed by atoms with Gasteiger partial charge in [-0.1, -0.05) is 0 Å². The minimum Gasteiger partial charge on any atom is -0.463 e. The summed E-state index contributed by atoms with van der Waals surface area (Å²) < 4.78 is 6.41. The lowest BCUT2D eigenvalue weighted by molar-refractivity contribution is -0.115. The van der Waals surface area contributed by atoms with Crippen molar-refractivity contribution < 1.29 is 9.21 Å². The molecule has 0 unspecified atom stereocenters. The van der Waals surface area contributed by atoms with Gasteiger partial charge >= 0.3 is 0 Å². The first-order valence-corrected chi connectivity index (χ1v) is 7.08. The zero-order valence-corrected chi connectivity index (χ0v) is 12.9. The molecule has 1 aliphatic rings. The number of carbonyl (C=O) groups is 1. The molecule has 100 valence electrons. The summed E-state index contributed by atoms with van der Waals surface area (Å²) in [7, 11) is 0. The Labute approximate surface area is 132 Å². The molecule has 0 radical (unpaired) electrons. The van der Waals surface area contributed by atoms with Crippen molar-refractivity contribution in [2.75, 3.05) is 0 Å². The van der Waals surface area contributed by atoms with Gasteiger partial charge in [-0.25, -0.2) is 0 Å². The van der Waals surface area contributed by atoms with Crippen LogP contribution >= 0.6 is 34.8 Å². The lowest BCUT2D eigenvalue weighted by Gasteiger charge is -2.00. The first kappa shape index (κ1) is 13.3. The highest BCUT2D eigenvalue weighted by atomic mass is 127. The van der Waals surface area contributed by atoms with E-state index in [1.54, 1.807) is 12.1 Å². The minimum absolute atomic E-state index is 0.192. The van der Waals surface area contributed by atoms with E-state index in [1.165, 1.54) is 12.3 Å². The van der Waals surface area contributed by atoms with Gasteiger partial charge in [-0.2, -0.15) is 0 Å². The largest absolute Gasteiger partial charge is 0.463 e. The molecular weight excluding hydrogens is 391 g/mol. The SMILES string of the molecule is O=C1NC(=S)N/C1=C\c1coc2cc(I)ccc2c1=O. The van der Waals surface area contributed by atoms with Crippen LogP contribution in [0.4, 0.5) is 0 Å². The van der Waals surface area contributed by atoms with E-state index in [0.717, 1.165) is 3.57 Å². The number of rotatable bonds is 1. The quantitative estimate of drug-likeness (QED) is 0.435. The second kappa shape index (κ2) is 4.98. The number of fused-ring (bicyclic) bond motifs is 1. The van der Waals surface area contributed by atoms with E-state index < -0.39 is 0 Å². The van der Waals surface area contributed by atoms with Crippen molar-refractivity contribution in [3.63, 3.8) is 0 Å². The topological polar surface area (TPSA) is 71.3 Å². The fourth-order valence-corrected chi connectivity index (χ4v) is 2.52. The third-order valence-corrected chi connectivity index (χ3v) is 3.66. The van der Waals surface area contributed by atoms with Crippen molar-refractivity contribution in [2.45, 2.75) is 0 Å². The van der Waals surface area contributed by atoms with Gasteiger partial charge < -0.3 is 9.73 Å². The molecule has 20 heavy (non-hydrogen) atoms. The molecule has 1 aromatic heterocycles. The molecule has 1 fully saturated rings. The molecule has 0 bridgehead atoms. The van der Waals surface area contributed by atoms with Crippen molar-refractivity contribution >= 4 is 62.9 Å². The van der Waals surface area contributed by atoms with Crippen LogP contribution in [0.2, 0.25) is 0 Å². The van der Waals surface area contributed by atoms with Gasteiger partial charge in [0, 0.05) is 3.57 Å². The highest BCUT2D eigenvalue weighted by molar-refractivity contribution is 14.1. The van der Waals surface area contributed by atoms with E-state index >= 15 is 0 Å². The zero-order valence-electron chi connectivity index (χ0n) is 9.90. The number of halogens is 1. The van der Waals surface area contributed by atoms with Crippen LogP contribution in [-0.4, -0.2) is 11.0 Å². The second-order valence-corrected chi connectivity index (χ2v) is 5.78. The highest BCUT2D eigenvalue weighted by Crippen LogP contribution is 2.16. The Morgan fingerprint density at radius 1 is 1.25 bits per heavy atom. The fraction of sp³-hybridized carbons (Fsp3) is 0. The van der Waals surface area contributed by atoms with Gasteiger partial charge in [-0.05, 0) is 59.1 Å². The molecule has 1 aliphatic heterocycles. The van der Waals surface area contributed by atoms with Crippen molar-refractivity contribution in [3.05, 3.63) is 49.5 Å². The number of hydrogen-bond acceptors (Lipinski definition) is 4. The molecule has 1 aromatic carbocycles. The van der Waals surface area contributed by atoms with Gasteiger partial charge in [0.1, 0.15) is 17.5 Å². The molecule has 0 atom stereocenters. The van der Waals surface area contributed by atoms with E-state index in [9.17, 15) is 9.59 Å². The molecule has 3 rings (SSSR count). The average Bonchev–Trinajstić information content (AvgIpc) is 2.71. The maximum Gasteiger partial charge on any atom is 0.273 e. The molecule has 1 saturated heterocycles. The van der Waals surface area contributed by atoms with Gasteiger partial charge in [-0.3, -0.25) is 14.9 Å². The van der Waals surface area contributed by atoms with Crippen LogP contribution in [0.15, 0.2) is 39.4 Å². The number of carbonyl (C=O) groups excluding carboxylic acids is 1. The molecule has 2 heterocycles. The predicted octanol–water partition coefficient (Wildman–Crippen LogP) is 1.74. The molecule has 0 aliphatic carbocycles. The second-order valence-electron chi connectivity index (χ2n) is 4.13. The Kier molecular flexibility index (Phi) is 3.30. The van der Waals surface area contributed by atoms with Crippen LogP contribution < -0.4 is 16.1 Å². The monoisotopic (exact) mass is 398 g/mol. The van der Waals surface area contributed by atoms with Crippen molar-refractivity contribution in [1.82, 2.24) is 10.6 Å². The van der Waals surface area contributed by atoms with E-state index in [1.807, 2.05) is 6.07 Å². The van der Waals surface area contributed by atoms with Crippen LogP contribution in [0.3, 0.4) is 0 Å². The Morgan fingerprint density at radius 3 is 2.75 bits per heavy atom. The molecule has 1 amide bonds. The smallest absolute Gasteiger partial charge is 0.273 e. The molecular formula is C13H7IN2O3S. The molecule has 2 aromatic rings. The number of benzene rings is 1. The van der Waals surface area contributed by atoms with Crippen LogP contribution in [0.1, 0.15) is 5.56 Å². The van der Waals surface area contributed by atoms with Crippen LogP contribution in [0.5, 0.6) is 0 Å². The van der Waals surface area contributed by atoms with Crippen molar-refractivity contribution in [1.29, 1.82) is 0 Å². The standard InChI is InChI=1S/C13H7IN2O3S/c14-7-1-2-8-10(4-7)19-5-6(11(8)17)3-9-12(18)16-13(20)15-9/h1-5H,(H2,15,16,18,20)/b9-3-. The number of hydrogen-bond donors (Lipinski definition) is 2. The molecule has 5 nitrogen and oxygen atoms in total. The molecule has 2 N–H and O–H groups in total. The molecule has 7 heteroatoms. The predicted molar refractivity (Wildman–Crippen MR) is 87.1 cm³/mol. The summed E-state index contributed by atoms with van der Waals surface area (Å²) in [4.78, 5) is 23.9. The van der Waals surface area contributed by atoms with Gasteiger partial charge in [0.15, 0.2) is 10.5 Å². The van der Waals surface area contributed by atoms with E-state index in [2.05, 4.69) is 33.2 Å². The van der Waals surface area contributed by atoms with Crippen molar-refractivity contribution in [2.24, 2.45) is 0 Å². The summed E-state index contributed by atoms with van der Waals surface area (Å²) in [6.07, 6.45) is 2.77. The maximum atomic E-state index is 12.3. The third kappa shape index (κ3) is 2.34. The summed E-state index contributed by atoms with van der Waals surface area (Å²) in [6.45, 7) is 0. The Bertz CT molecular complexity index is 841. The van der Waals surface area contributed by atoms with Gasteiger partial charge in [0.05, 0.1) is 10.9 Å². The van der Waals surface area contributed by atoms with E-state index in [-0.39, 0.29) is 22.1 Å². The Hall–Kier alpha value is -1.74. The van der Waals surface area contributed by atoms with Crippen molar-refractivity contribution in [3.8, 4) is 0 Å². The van der Waals surface area contributed by atoms with Gasteiger partial charge in [0.25, 0.3) is 5.91 Å². The van der Waals surface area contributed by atoms with Crippen LogP contribution in [0.25, 0.3) is 17.0 Å². The lowest BCUT2D eigenvalue weighted by atomic mass is 10.1. The van der Waals surface area contributed by atoms with Crippen LogP contribution in [0, 0.1) is 3.57 Å².